The Kier molecular flexibility index (Phi) is 3.57. The number of carboxylic acid groups (broad SMARTS) is 1. The summed E-state index contributed by atoms with van der Waals surface area (Å²) in [6.07, 6.45) is 2.04. The van der Waals surface area contributed by atoms with Crippen LogP contribution in [-0.2, 0) is 22.4 Å². The molecule has 2 aliphatic rings. The second kappa shape index (κ2) is 5.39. The van der Waals surface area contributed by atoms with Crippen LogP contribution < -0.4 is 4.74 Å². The second-order valence-electron chi connectivity index (χ2n) is 5.71. The normalized spacial score (nSPS) is 24.0. The lowest BCUT2D eigenvalue weighted by Gasteiger charge is -2.20. The van der Waals surface area contributed by atoms with E-state index in [1.54, 1.807) is 7.11 Å². The van der Waals surface area contributed by atoms with E-state index in [0.29, 0.717) is 19.5 Å². The van der Waals surface area contributed by atoms with Crippen molar-refractivity contribution in [3.63, 3.8) is 0 Å². The van der Waals surface area contributed by atoms with Gasteiger partial charge in [0.05, 0.1) is 18.9 Å². The van der Waals surface area contributed by atoms with Crippen molar-refractivity contribution in [1.82, 2.24) is 4.90 Å². The van der Waals surface area contributed by atoms with E-state index >= 15 is 0 Å². The van der Waals surface area contributed by atoms with Crippen molar-refractivity contribution >= 4 is 11.9 Å². The molecule has 1 aliphatic heterocycles. The summed E-state index contributed by atoms with van der Waals surface area (Å²) in [5.41, 5.74) is 2.39. The van der Waals surface area contributed by atoms with E-state index in [-0.39, 0.29) is 11.8 Å². The number of methoxy groups -OCH3 is 1. The third-order valence-corrected chi connectivity index (χ3v) is 4.47. The van der Waals surface area contributed by atoms with Crippen molar-refractivity contribution in [3.05, 3.63) is 29.3 Å². The highest BCUT2D eigenvalue weighted by Gasteiger charge is 2.49. The Morgan fingerprint density at radius 3 is 2.67 bits per heavy atom. The zero-order valence-corrected chi connectivity index (χ0v) is 12.0. The van der Waals surface area contributed by atoms with Gasteiger partial charge < -0.3 is 14.7 Å². The van der Waals surface area contributed by atoms with E-state index < -0.39 is 11.9 Å². The molecule has 112 valence electrons. The van der Waals surface area contributed by atoms with Gasteiger partial charge in [0.1, 0.15) is 5.75 Å². The molecule has 1 amide bonds. The van der Waals surface area contributed by atoms with E-state index in [0.717, 1.165) is 18.6 Å². The molecule has 1 aromatic carbocycles. The molecule has 1 heterocycles. The van der Waals surface area contributed by atoms with Crippen molar-refractivity contribution in [1.29, 1.82) is 0 Å². The molecule has 1 aliphatic carbocycles. The number of ether oxygens (including phenoxy) is 1. The SMILES string of the molecule is COc1cccc2c1CCN(C(=O)C1CC1C(=O)O)CC2. The first-order valence-electron chi connectivity index (χ1n) is 7.28. The fourth-order valence-corrected chi connectivity index (χ4v) is 3.13. The number of hydrogen-bond acceptors (Lipinski definition) is 3. The van der Waals surface area contributed by atoms with Gasteiger partial charge in [0.25, 0.3) is 0 Å². The standard InChI is InChI=1S/C16H19NO4/c1-21-14-4-2-3-10-5-7-17(8-6-11(10)14)15(18)12-9-13(12)16(19)20/h2-4,12-13H,5-9H2,1H3,(H,19,20). The minimum Gasteiger partial charge on any atom is -0.496 e. The molecular formula is C16H19NO4. The van der Waals surface area contributed by atoms with Gasteiger partial charge in [-0.2, -0.15) is 0 Å². The number of nitrogens with zero attached hydrogens (tertiary/aromatic N) is 1. The summed E-state index contributed by atoms with van der Waals surface area (Å²) < 4.78 is 5.39. The molecular weight excluding hydrogens is 270 g/mol. The fraction of sp³-hybridized carbons (Fsp3) is 0.500. The Morgan fingerprint density at radius 1 is 1.24 bits per heavy atom. The van der Waals surface area contributed by atoms with Gasteiger partial charge in [-0.3, -0.25) is 9.59 Å². The van der Waals surface area contributed by atoms with Crippen LogP contribution in [0.25, 0.3) is 0 Å². The molecule has 3 rings (SSSR count). The lowest BCUT2D eigenvalue weighted by atomic mass is 10.0. The average molecular weight is 289 g/mol. The zero-order chi connectivity index (χ0) is 15.0. The maximum atomic E-state index is 12.4. The van der Waals surface area contributed by atoms with Crippen molar-refractivity contribution in [2.45, 2.75) is 19.3 Å². The van der Waals surface area contributed by atoms with Gasteiger partial charge in [0, 0.05) is 13.1 Å². The summed E-state index contributed by atoms with van der Waals surface area (Å²) in [6.45, 7) is 1.29. The highest BCUT2D eigenvalue weighted by Crippen LogP contribution is 2.40. The molecule has 0 aromatic heterocycles. The smallest absolute Gasteiger partial charge is 0.307 e. The van der Waals surface area contributed by atoms with Gasteiger partial charge in [-0.05, 0) is 36.5 Å². The molecule has 5 heteroatoms. The number of carbonyl (C=O) groups excluding carboxylic acids is 1. The first kappa shape index (κ1) is 13.9. The Labute approximate surface area is 123 Å². The molecule has 2 atom stereocenters. The predicted molar refractivity (Wildman–Crippen MR) is 76.2 cm³/mol. The number of benzene rings is 1. The zero-order valence-electron chi connectivity index (χ0n) is 12.0. The molecule has 1 N–H and O–H groups in total. The summed E-state index contributed by atoms with van der Waals surface area (Å²) in [4.78, 5) is 25.1. The number of fused-ring (bicyclic) bond motifs is 1. The summed E-state index contributed by atoms with van der Waals surface area (Å²) in [5, 5.41) is 8.95. The van der Waals surface area contributed by atoms with Gasteiger partial charge >= 0.3 is 5.97 Å². The van der Waals surface area contributed by atoms with E-state index in [2.05, 4.69) is 6.07 Å². The maximum absolute atomic E-state index is 12.4. The summed E-state index contributed by atoms with van der Waals surface area (Å²) in [6, 6.07) is 5.98. The predicted octanol–water partition coefficient (Wildman–Crippen LogP) is 1.34. The summed E-state index contributed by atoms with van der Waals surface area (Å²) in [7, 11) is 1.66. The van der Waals surface area contributed by atoms with Crippen LogP contribution in [0.2, 0.25) is 0 Å². The lowest BCUT2D eigenvalue weighted by molar-refractivity contribution is -0.142. The van der Waals surface area contributed by atoms with Crippen LogP contribution in [0, 0.1) is 11.8 Å². The summed E-state index contributed by atoms with van der Waals surface area (Å²) in [5.74, 6) is -0.776. The molecule has 1 saturated carbocycles. The van der Waals surface area contributed by atoms with Crippen LogP contribution >= 0.6 is 0 Å². The third-order valence-electron chi connectivity index (χ3n) is 4.47. The van der Waals surface area contributed by atoms with E-state index in [1.807, 2.05) is 17.0 Å². The number of carboxylic acids is 1. The largest absolute Gasteiger partial charge is 0.496 e. The molecule has 5 nitrogen and oxygen atoms in total. The van der Waals surface area contributed by atoms with Crippen molar-refractivity contribution in [2.75, 3.05) is 20.2 Å². The minimum absolute atomic E-state index is 0.00540. The van der Waals surface area contributed by atoms with Crippen LogP contribution in [0.4, 0.5) is 0 Å². The van der Waals surface area contributed by atoms with Crippen molar-refractivity contribution < 1.29 is 19.4 Å². The third kappa shape index (κ3) is 2.60. The number of aliphatic carboxylic acids is 1. The summed E-state index contributed by atoms with van der Waals surface area (Å²) >= 11 is 0. The molecule has 21 heavy (non-hydrogen) atoms. The van der Waals surface area contributed by atoms with Gasteiger partial charge in [-0.1, -0.05) is 12.1 Å². The van der Waals surface area contributed by atoms with Crippen LogP contribution in [-0.4, -0.2) is 42.1 Å². The first-order valence-corrected chi connectivity index (χ1v) is 7.28. The van der Waals surface area contributed by atoms with Gasteiger partial charge in [-0.15, -0.1) is 0 Å². The number of carbonyl (C=O) groups is 2. The van der Waals surface area contributed by atoms with Crippen LogP contribution in [0.5, 0.6) is 5.75 Å². The second-order valence-corrected chi connectivity index (χ2v) is 5.71. The van der Waals surface area contributed by atoms with Crippen molar-refractivity contribution in [3.8, 4) is 5.75 Å². The Balaban J connectivity index is 1.71. The number of rotatable bonds is 3. The molecule has 0 radical (unpaired) electrons. The van der Waals surface area contributed by atoms with E-state index in [1.165, 1.54) is 11.1 Å². The highest BCUT2D eigenvalue weighted by atomic mass is 16.5. The lowest BCUT2D eigenvalue weighted by Crippen LogP contribution is -2.35. The topological polar surface area (TPSA) is 66.8 Å². The number of hydrogen-bond donors (Lipinski definition) is 1. The Morgan fingerprint density at radius 2 is 2.00 bits per heavy atom. The van der Waals surface area contributed by atoms with Gasteiger partial charge in [-0.25, -0.2) is 0 Å². The fourth-order valence-electron chi connectivity index (χ4n) is 3.13. The Hall–Kier alpha value is -2.04. The molecule has 1 aromatic rings. The van der Waals surface area contributed by atoms with E-state index in [4.69, 9.17) is 9.84 Å². The minimum atomic E-state index is -0.854. The van der Waals surface area contributed by atoms with Crippen LogP contribution in [0.3, 0.4) is 0 Å². The molecule has 0 spiro atoms. The van der Waals surface area contributed by atoms with Gasteiger partial charge in [0.2, 0.25) is 5.91 Å². The average Bonchev–Trinajstić information content (AvgIpc) is 3.29. The van der Waals surface area contributed by atoms with Crippen LogP contribution in [0.1, 0.15) is 17.5 Å². The van der Waals surface area contributed by atoms with E-state index in [9.17, 15) is 9.59 Å². The molecule has 0 bridgehead atoms. The first-order chi connectivity index (χ1) is 10.1. The van der Waals surface area contributed by atoms with Gasteiger partial charge in [0.15, 0.2) is 0 Å². The monoisotopic (exact) mass is 289 g/mol. The molecule has 0 saturated heterocycles. The number of amides is 1. The molecule has 1 fully saturated rings. The maximum Gasteiger partial charge on any atom is 0.307 e. The quantitative estimate of drug-likeness (QED) is 0.912. The van der Waals surface area contributed by atoms with Crippen LogP contribution in [0.15, 0.2) is 18.2 Å². The Bertz CT molecular complexity index is 584. The van der Waals surface area contributed by atoms with Crippen molar-refractivity contribution in [2.24, 2.45) is 11.8 Å². The highest BCUT2D eigenvalue weighted by molar-refractivity contribution is 5.89. The molecule has 2 unspecified atom stereocenters.